The maximum absolute atomic E-state index is 12.5. The van der Waals surface area contributed by atoms with Crippen molar-refractivity contribution in [1.82, 2.24) is 4.98 Å². The van der Waals surface area contributed by atoms with Crippen LogP contribution in [0.15, 0.2) is 54.7 Å². The number of methoxy groups -OCH3 is 1. The third-order valence-electron chi connectivity index (χ3n) is 3.53. The van der Waals surface area contributed by atoms with Crippen LogP contribution >= 0.6 is 0 Å². The van der Waals surface area contributed by atoms with Crippen LogP contribution in [0, 0.1) is 10.1 Å². The first kappa shape index (κ1) is 15.4. The molecule has 1 aromatic heterocycles. The summed E-state index contributed by atoms with van der Waals surface area (Å²) >= 11 is 0. The fourth-order valence-electron chi connectivity index (χ4n) is 2.38. The summed E-state index contributed by atoms with van der Waals surface area (Å²) in [4.78, 5) is 27.3. The number of benzene rings is 2. The van der Waals surface area contributed by atoms with E-state index in [9.17, 15) is 14.9 Å². The maximum Gasteiger partial charge on any atom is 0.285 e. The number of anilines is 1. The minimum absolute atomic E-state index is 0.0475. The number of hydrogen-bond acceptors (Lipinski definition) is 5. The molecule has 3 rings (SSSR count). The minimum atomic E-state index is -0.612. The molecule has 0 spiro atoms. The van der Waals surface area contributed by atoms with E-state index in [1.807, 2.05) is 12.1 Å². The molecule has 0 atom stereocenters. The highest BCUT2D eigenvalue weighted by Crippen LogP contribution is 2.27. The number of carbonyl (C=O) groups excluding carboxylic acids is 1. The van der Waals surface area contributed by atoms with E-state index in [4.69, 9.17) is 4.74 Å². The highest BCUT2D eigenvalue weighted by atomic mass is 16.6. The van der Waals surface area contributed by atoms with E-state index in [1.54, 1.807) is 24.4 Å². The number of aromatic nitrogens is 1. The van der Waals surface area contributed by atoms with Gasteiger partial charge in [0.15, 0.2) is 0 Å². The molecule has 0 saturated heterocycles. The first-order valence-corrected chi connectivity index (χ1v) is 7.07. The van der Waals surface area contributed by atoms with Gasteiger partial charge in [-0.2, -0.15) is 0 Å². The van der Waals surface area contributed by atoms with Gasteiger partial charge in [0.1, 0.15) is 11.3 Å². The molecule has 0 aliphatic rings. The van der Waals surface area contributed by atoms with Crippen LogP contribution in [-0.2, 0) is 0 Å². The van der Waals surface area contributed by atoms with E-state index in [1.165, 1.54) is 25.3 Å². The van der Waals surface area contributed by atoms with Gasteiger partial charge < -0.3 is 10.1 Å². The fourth-order valence-corrected chi connectivity index (χ4v) is 2.38. The van der Waals surface area contributed by atoms with Crippen LogP contribution in [-0.4, -0.2) is 22.9 Å². The van der Waals surface area contributed by atoms with Gasteiger partial charge in [0.2, 0.25) is 0 Å². The van der Waals surface area contributed by atoms with E-state index in [0.29, 0.717) is 17.0 Å². The molecule has 7 nitrogen and oxygen atoms in total. The molecule has 0 unspecified atom stereocenters. The average Bonchev–Trinajstić information content (AvgIpc) is 2.61. The van der Waals surface area contributed by atoms with Gasteiger partial charge in [-0.15, -0.1) is 0 Å². The summed E-state index contributed by atoms with van der Waals surface area (Å²) in [7, 11) is 1.40. The normalized spacial score (nSPS) is 10.4. The van der Waals surface area contributed by atoms with Crippen molar-refractivity contribution >= 4 is 28.2 Å². The number of carbonyl (C=O) groups is 1. The first-order chi connectivity index (χ1) is 11.6. The van der Waals surface area contributed by atoms with Crippen LogP contribution in [0.3, 0.4) is 0 Å². The van der Waals surface area contributed by atoms with Gasteiger partial charge in [0.05, 0.1) is 29.3 Å². The molecule has 0 radical (unpaired) electrons. The number of amides is 1. The lowest BCUT2D eigenvalue weighted by atomic mass is 10.1. The molecule has 1 amide bonds. The average molecular weight is 323 g/mol. The number of nitro groups is 1. The predicted molar refractivity (Wildman–Crippen MR) is 89.3 cm³/mol. The van der Waals surface area contributed by atoms with E-state index in [-0.39, 0.29) is 11.3 Å². The standard InChI is InChI=1S/C17H13N3O4/c1-24-12-7-8-13(15(10-12)20(22)23)17(21)19-14-6-2-4-11-5-3-9-18-16(11)14/h2-10H,1H3,(H,19,21). The zero-order valence-corrected chi connectivity index (χ0v) is 12.7. The number of para-hydroxylation sites is 1. The van der Waals surface area contributed by atoms with E-state index < -0.39 is 10.8 Å². The summed E-state index contributed by atoms with van der Waals surface area (Å²) in [6, 6.07) is 13.1. The quantitative estimate of drug-likeness (QED) is 0.586. The Morgan fingerprint density at radius 3 is 2.75 bits per heavy atom. The van der Waals surface area contributed by atoms with E-state index in [2.05, 4.69) is 10.3 Å². The lowest BCUT2D eigenvalue weighted by Gasteiger charge is -2.09. The van der Waals surface area contributed by atoms with Gasteiger partial charge >= 0.3 is 0 Å². The van der Waals surface area contributed by atoms with Crippen molar-refractivity contribution in [2.45, 2.75) is 0 Å². The summed E-state index contributed by atoms with van der Waals surface area (Å²) < 4.78 is 4.97. The lowest BCUT2D eigenvalue weighted by Crippen LogP contribution is -2.14. The summed E-state index contributed by atoms with van der Waals surface area (Å²) in [5, 5.41) is 14.8. The maximum atomic E-state index is 12.5. The molecule has 0 bridgehead atoms. The summed E-state index contributed by atoms with van der Waals surface area (Å²) in [5.74, 6) is -0.271. The summed E-state index contributed by atoms with van der Waals surface area (Å²) in [6.45, 7) is 0. The number of pyridine rings is 1. The second-order valence-corrected chi connectivity index (χ2v) is 4.98. The van der Waals surface area contributed by atoms with Crippen molar-refractivity contribution in [2.24, 2.45) is 0 Å². The van der Waals surface area contributed by atoms with Crippen molar-refractivity contribution in [2.75, 3.05) is 12.4 Å². The monoisotopic (exact) mass is 323 g/mol. The van der Waals surface area contributed by atoms with Gasteiger partial charge in [-0.25, -0.2) is 0 Å². The molecule has 1 heterocycles. The van der Waals surface area contributed by atoms with Crippen LogP contribution in [0.1, 0.15) is 10.4 Å². The molecule has 1 N–H and O–H groups in total. The second-order valence-electron chi connectivity index (χ2n) is 4.98. The molecule has 0 saturated carbocycles. The molecule has 7 heteroatoms. The van der Waals surface area contributed by atoms with Crippen LogP contribution in [0.2, 0.25) is 0 Å². The Balaban J connectivity index is 1.99. The van der Waals surface area contributed by atoms with Gasteiger partial charge in [-0.1, -0.05) is 18.2 Å². The molecular formula is C17H13N3O4. The predicted octanol–water partition coefficient (Wildman–Crippen LogP) is 3.40. The highest BCUT2D eigenvalue weighted by molar-refractivity contribution is 6.10. The van der Waals surface area contributed by atoms with Gasteiger partial charge in [-0.3, -0.25) is 19.9 Å². The number of hydrogen-bond donors (Lipinski definition) is 1. The SMILES string of the molecule is COc1ccc(C(=O)Nc2cccc3cccnc23)c([N+](=O)[O-])c1. The molecule has 120 valence electrons. The van der Waals surface area contributed by atoms with Crippen molar-refractivity contribution < 1.29 is 14.5 Å². The van der Waals surface area contributed by atoms with Crippen LogP contribution < -0.4 is 10.1 Å². The van der Waals surface area contributed by atoms with Gasteiger partial charge in [0, 0.05) is 11.6 Å². The number of nitro benzene ring substituents is 1. The third kappa shape index (κ3) is 2.87. The van der Waals surface area contributed by atoms with Crippen molar-refractivity contribution in [3.63, 3.8) is 0 Å². The molecule has 0 aliphatic heterocycles. The topological polar surface area (TPSA) is 94.4 Å². The molecule has 24 heavy (non-hydrogen) atoms. The van der Waals surface area contributed by atoms with Gasteiger partial charge in [0.25, 0.3) is 11.6 Å². The number of ether oxygens (including phenoxy) is 1. The Morgan fingerprint density at radius 1 is 1.21 bits per heavy atom. The first-order valence-electron chi connectivity index (χ1n) is 7.07. The minimum Gasteiger partial charge on any atom is -0.497 e. The third-order valence-corrected chi connectivity index (χ3v) is 3.53. The zero-order valence-electron chi connectivity index (χ0n) is 12.7. The van der Waals surface area contributed by atoms with E-state index in [0.717, 1.165) is 5.39 Å². The Bertz CT molecular complexity index is 935. The second kappa shape index (κ2) is 6.33. The molecule has 2 aromatic carbocycles. The smallest absolute Gasteiger partial charge is 0.285 e. The molecule has 3 aromatic rings. The lowest BCUT2D eigenvalue weighted by molar-refractivity contribution is -0.385. The van der Waals surface area contributed by atoms with Crippen molar-refractivity contribution in [3.8, 4) is 5.75 Å². The van der Waals surface area contributed by atoms with Crippen LogP contribution in [0.5, 0.6) is 5.75 Å². The number of rotatable bonds is 4. The Labute approximate surface area is 137 Å². The largest absolute Gasteiger partial charge is 0.497 e. The fraction of sp³-hybridized carbons (Fsp3) is 0.0588. The van der Waals surface area contributed by atoms with Crippen molar-refractivity contribution in [3.05, 3.63) is 70.4 Å². The van der Waals surface area contributed by atoms with Crippen molar-refractivity contribution in [1.29, 1.82) is 0 Å². The summed E-state index contributed by atoms with van der Waals surface area (Å²) in [6.07, 6.45) is 1.62. The number of nitrogens with zero attached hydrogens (tertiary/aromatic N) is 2. The highest BCUT2D eigenvalue weighted by Gasteiger charge is 2.21. The zero-order chi connectivity index (χ0) is 17.1. The molecule has 0 aliphatic carbocycles. The van der Waals surface area contributed by atoms with E-state index >= 15 is 0 Å². The molecular weight excluding hydrogens is 310 g/mol. The number of nitrogens with one attached hydrogen (secondary N) is 1. The van der Waals surface area contributed by atoms with Gasteiger partial charge in [-0.05, 0) is 24.3 Å². The summed E-state index contributed by atoms with van der Waals surface area (Å²) in [5.41, 5.74) is 0.738. The van der Waals surface area contributed by atoms with Crippen LogP contribution in [0.4, 0.5) is 11.4 Å². The number of fused-ring (bicyclic) bond motifs is 1. The Hall–Kier alpha value is -3.48. The Morgan fingerprint density at radius 2 is 2.00 bits per heavy atom. The Kier molecular flexibility index (Phi) is 4.07. The molecule has 0 fully saturated rings. The van der Waals surface area contributed by atoms with Crippen LogP contribution in [0.25, 0.3) is 10.9 Å².